The highest BCUT2D eigenvalue weighted by Gasteiger charge is 2.48. The average Bonchev–Trinajstić information content (AvgIpc) is 2.77. The maximum Gasteiger partial charge on any atom is 0.124 e. The van der Waals surface area contributed by atoms with Crippen molar-refractivity contribution in [3.63, 3.8) is 0 Å². The molecular formula is C27H31NO2. The summed E-state index contributed by atoms with van der Waals surface area (Å²) in [7, 11) is 1.67. The van der Waals surface area contributed by atoms with Crippen molar-refractivity contribution in [2.45, 2.75) is 44.9 Å². The van der Waals surface area contributed by atoms with Gasteiger partial charge in [0.05, 0.1) is 12.7 Å². The van der Waals surface area contributed by atoms with Crippen molar-refractivity contribution in [2.75, 3.05) is 7.11 Å². The first-order valence-electron chi connectivity index (χ1n) is 10.7. The topological polar surface area (TPSA) is 41.5 Å². The minimum Gasteiger partial charge on any atom is -0.496 e. The van der Waals surface area contributed by atoms with Crippen molar-refractivity contribution in [3.8, 4) is 5.75 Å². The lowest BCUT2D eigenvalue weighted by Crippen LogP contribution is -2.50. The van der Waals surface area contributed by atoms with Crippen LogP contribution in [0.5, 0.6) is 5.75 Å². The van der Waals surface area contributed by atoms with Crippen LogP contribution >= 0.6 is 0 Å². The molecule has 0 spiro atoms. The lowest BCUT2D eigenvalue weighted by molar-refractivity contribution is -0.0755. The van der Waals surface area contributed by atoms with Gasteiger partial charge in [0.1, 0.15) is 5.75 Å². The highest BCUT2D eigenvalue weighted by Crippen LogP contribution is 2.50. The number of ether oxygens (including phenoxy) is 1. The zero-order valence-electron chi connectivity index (χ0n) is 18.2. The van der Waals surface area contributed by atoms with Gasteiger partial charge in [-0.1, -0.05) is 84.8 Å². The molecule has 1 heterocycles. The Morgan fingerprint density at radius 1 is 0.867 bits per heavy atom. The van der Waals surface area contributed by atoms with Crippen LogP contribution in [0.1, 0.15) is 53.2 Å². The molecule has 30 heavy (non-hydrogen) atoms. The van der Waals surface area contributed by atoms with E-state index in [0.717, 1.165) is 11.3 Å². The maximum absolute atomic E-state index is 12.2. The smallest absolute Gasteiger partial charge is 0.124 e. The lowest BCUT2D eigenvalue weighted by atomic mass is 9.68. The first-order valence-corrected chi connectivity index (χ1v) is 10.7. The van der Waals surface area contributed by atoms with E-state index in [1.165, 1.54) is 22.3 Å². The molecule has 1 saturated heterocycles. The summed E-state index contributed by atoms with van der Waals surface area (Å²) >= 11 is 0. The zero-order chi connectivity index (χ0) is 21.3. The molecule has 4 atom stereocenters. The summed E-state index contributed by atoms with van der Waals surface area (Å²) in [4.78, 5) is 0. The van der Waals surface area contributed by atoms with E-state index in [9.17, 15) is 5.11 Å². The third kappa shape index (κ3) is 3.76. The molecule has 3 heteroatoms. The van der Waals surface area contributed by atoms with E-state index in [1.807, 2.05) is 24.3 Å². The Balaban J connectivity index is 1.81. The van der Waals surface area contributed by atoms with Crippen LogP contribution in [0.4, 0.5) is 0 Å². The van der Waals surface area contributed by atoms with Gasteiger partial charge in [-0.2, -0.15) is 0 Å². The van der Waals surface area contributed by atoms with E-state index in [2.05, 4.69) is 74.6 Å². The summed E-state index contributed by atoms with van der Waals surface area (Å²) in [6.45, 7) is 6.33. The molecule has 156 valence electrons. The molecule has 0 aromatic heterocycles. The Kier molecular flexibility index (Phi) is 5.68. The second-order valence-corrected chi connectivity index (χ2v) is 8.64. The number of rotatable bonds is 4. The van der Waals surface area contributed by atoms with Gasteiger partial charge in [-0.15, -0.1) is 0 Å². The molecule has 1 aliphatic rings. The predicted octanol–water partition coefficient (Wildman–Crippen LogP) is 5.61. The number of aryl methyl sites for hydroxylation is 2. The number of piperidine rings is 1. The van der Waals surface area contributed by atoms with Crippen LogP contribution in [0.25, 0.3) is 0 Å². The van der Waals surface area contributed by atoms with Gasteiger partial charge in [-0.25, -0.2) is 0 Å². The van der Waals surface area contributed by atoms with Gasteiger partial charge in [0, 0.05) is 30.0 Å². The molecule has 4 rings (SSSR count). The summed E-state index contributed by atoms with van der Waals surface area (Å²) in [5.41, 5.74) is 4.69. The van der Waals surface area contributed by atoms with Gasteiger partial charge in [-0.3, -0.25) is 0 Å². The fourth-order valence-corrected chi connectivity index (χ4v) is 4.72. The van der Waals surface area contributed by atoms with Crippen LogP contribution in [-0.2, 0) is 5.60 Å². The molecule has 0 aliphatic carbocycles. The van der Waals surface area contributed by atoms with Crippen molar-refractivity contribution >= 4 is 0 Å². The van der Waals surface area contributed by atoms with Crippen LogP contribution in [0.3, 0.4) is 0 Å². The predicted molar refractivity (Wildman–Crippen MR) is 122 cm³/mol. The Morgan fingerprint density at radius 3 is 2.03 bits per heavy atom. The van der Waals surface area contributed by atoms with E-state index in [1.54, 1.807) is 7.11 Å². The number of hydrogen-bond donors (Lipinski definition) is 2. The molecule has 3 nitrogen and oxygen atoms in total. The normalized spacial score (nSPS) is 26.4. The lowest BCUT2D eigenvalue weighted by Gasteiger charge is -2.48. The summed E-state index contributed by atoms with van der Waals surface area (Å²) in [6, 6.07) is 25.1. The van der Waals surface area contributed by atoms with E-state index in [0.29, 0.717) is 6.42 Å². The second-order valence-electron chi connectivity index (χ2n) is 8.64. The highest BCUT2D eigenvalue weighted by atomic mass is 16.5. The summed E-state index contributed by atoms with van der Waals surface area (Å²) < 4.78 is 5.65. The van der Waals surface area contributed by atoms with Crippen LogP contribution in [0.15, 0.2) is 72.8 Å². The number of aliphatic hydroxyl groups is 1. The second kappa shape index (κ2) is 8.25. The van der Waals surface area contributed by atoms with Gasteiger partial charge in [0.25, 0.3) is 0 Å². The van der Waals surface area contributed by atoms with Crippen molar-refractivity contribution in [1.82, 2.24) is 5.32 Å². The van der Waals surface area contributed by atoms with E-state index >= 15 is 0 Å². The average molecular weight is 402 g/mol. The maximum atomic E-state index is 12.2. The Morgan fingerprint density at radius 2 is 1.43 bits per heavy atom. The number of hydrogen-bond acceptors (Lipinski definition) is 3. The monoisotopic (exact) mass is 401 g/mol. The molecule has 0 radical (unpaired) electrons. The third-order valence-electron chi connectivity index (χ3n) is 6.64. The summed E-state index contributed by atoms with van der Waals surface area (Å²) in [5, 5.41) is 16.0. The number of nitrogens with one attached hydrogen (secondary N) is 1. The Bertz CT molecular complexity index is 996. The van der Waals surface area contributed by atoms with E-state index in [4.69, 9.17) is 4.74 Å². The molecule has 3 aromatic carbocycles. The van der Waals surface area contributed by atoms with Gasteiger partial charge >= 0.3 is 0 Å². The van der Waals surface area contributed by atoms with E-state index in [-0.39, 0.29) is 18.0 Å². The van der Waals surface area contributed by atoms with Crippen LogP contribution in [0, 0.1) is 19.8 Å². The van der Waals surface area contributed by atoms with Crippen molar-refractivity contribution in [2.24, 2.45) is 5.92 Å². The fourth-order valence-electron chi connectivity index (χ4n) is 4.72. The SMILES string of the molecule is COc1ccccc1[C@@]1(O)C[C@H](c2ccc(C)cc2)N[C@@H](c2ccc(C)cc2)[C@@H]1C. The highest BCUT2D eigenvalue weighted by molar-refractivity contribution is 5.41. The molecule has 3 aromatic rings. The van der Waals surface area contributed by atoms with Gasteiger partial charge in [0.15, 0.2) is 0 Å². The Hall–Kier alpha value is -2.62. The van der Waals surface area contributed by atoms with Crippen LogP contribution in [-0.4, -0.2) is 12.2 Å². The van der Waals surface area contributed by atoms with Crippen molar-refractivity contribution in [3.05, 3.63) is 101 Å². The van der Waals surface area contributed by atoms with Crippen LogP contribution < -0.4 is 10.1 Å². The van der Waals surface area contributed by atoms with Crippen molar-refractivity contribution < 1.29 is 9.84 Å². The first-order chi connectivity index (χ1) is 14.4. The standard InChI is InChI=1S/C27H31NO2/c1-18-9-13-21(14-10-18)24-17-27(29,23-7-5-6-8-25(23)30-4)20(3)26(28-24)22-15-11-19(2)12-16-22/h5-16,20,24,26,28-29H,17H2,1-4H3/t20-,24+,26+,27+/m0/s1. The molecule has 1 fully saturated rings. The zero-order valence-corrected chi connectivity index (χ0v) is 18.2. The van der Waals surface area contributed by atoms with Gasteiger partial charge < -0.3 is 15.2 Å². The van der Waals surface area contributed by atoms with E-state index < -0.39 is 5.60 Å². The third-order valence-corrected chi connectivity index (χ3v) is 6.64. The van der Waals surface area contributed by atoms with Crippen LogP contribution in [0.2, 0.25) is 0 Å². The number of para-hydroxylation sites is 1. The fraction of sp³-hybridized carbons (Fsp3) is 0.333. The molecule has 0 bridgehead atoms. The quantitative estimate of drug-likeness (QED) is 0.597. The molecule has 0 amide bonds. The summed E-state index contributed by atoms with van der Waals surface area (Å²) in [5.74, 6) is 0.692. The largest absolute Gasteiger partial charge is 0.496 e. The van der Waals surface area contributed by atoms with Gasteiger partial charge in [0.2, 0.25) is 0 Å². The molecular weight excluding hydrogens is 370 g/mol. The molecule has 0 saturated carbocycles. The first kappa shape index (κ1) is 20.6. The van der Waals surface area contributed by atoms with Crippen molar-refractivity contribution in [1.29, 1.82) is 0 Å². The summed E-state index contributed by atoms with van der Waals surface area (Å²) in [6.07, 6.45) is 0.583. The molecule has 1 aliphatic heterocycles. The minimum atomic E-state index is -1.02. The molecule has 2 N–H and O–H groups in total. The Labute approximate surface area is 179 Å². The minimum absolute atomic E-state index is 0.0144. The molecule has 0 unspecified atom stereocenters. The van der Waals surface area contributed by atoms with Gasteiger partial charge in [-0.05, 0) is 31.0 Å². The number of methoxy groups -OCH3 is 1. The number of benzene rings is 3.